The lowest BCUT2D eigenvalue weighted by atomic mass is 10.1. The van der Waals surface area contributed by atoms with Gasteiger partial charge >= 0.3 is 5.97 Å². The molecule has 0 aliphatic carbocycles. The largest absolute Gasteiger partial charge is 0.458 e. The summed E-state index contributed by atoms with van der Waals surface area (Å²) in [5.41, 5.74) is 0.0418. The van der Waals surface area contributed by atoms with E-state index >= 15 is 0 Å². The van der Waals surface area contributed by atoms with Crippen LogP contribution in [0.1, 0.15) is 39.2 Å². The van der Waals surface area contributed by atoms with Crippen LogP contribution in [0.4, 0.5) is 0 Å². The number of sulfonamides is 1. The molecule has 3 atom stereocenters. The fourth-order valence-electron chi connectivity index (χ4n) is 4.86. The van der Waals surface area contributed by atoms with Gasteiger partial charge in [-0.05, 0) is 55.7 Å². The molecule has 0 saturated carbocycles. The lowest BCUT2D eigenvalue weighted by molar-refractivity contribution is -0.160. The van der Waals surface area contributed by atoms with E-state index in [1.165, 1.54) is 11.0 Å². The van der Waals surface area contributed by atoms with E-state index in [2.05, 4.69) is 17.9 Å². The van der Waals surface area contributed by atoms with Crippen LogP contribution in [0.25, 0.3) is 10.8 Å². The topological polar surface area (TPSA) is 113 Å². The summed E-state index contributed by atoms with van der Waals surface area (Å²) in [5.74, 6) is -1.85. The van der Waals surface area contributed by atoms with E-state index < -0.39 is 44.8 Å². The van der Waals surface area contributed by atoms with Gasteiger partial charge in [-0.15, -0.1) is 0 Å². The molecule has 1 fully saturated rings. The predicted molar refractivity (Wildman–Crippen MR) is 164 cm³/mol. The highest BCUT2D eigenvalue weighted by Gasteiger charge is 2.44. The number of benzene rings is 3. The summed E-state index contributed by atoms with van der Waals surface area (Å²) in [7, 11) is -2.47. The standard InChI is InChI=1S/C31H37N3O6S2/c1-31(2,3)40-30(37)26(18-28(35)33(4)19-21-10-6-5-7-11-21)32-29(36)27-17-24(41)20-34(27)42(38,39)25-15-14-22-12-8-9-13-23(22)16-25/h5-16,24,26-27,41H,17-20H2,1-4H3,(H,32,36)/t24-,26+,27+/m1/s1. The minimum Gasteiger partial charge on any atom is -0.458 e. The molecule has 3 aromatic rings. The van der Waals surface area contributed by atoms with Crippen molar-refractivity contribution >= 4 is 51.2 Å². The smallest absolute Gasteiger partial charge is 0.329 e. The second-order valence-electron chi connectivity index (χ2n) is 11.5. The second-order valence-corrected chi connectivity index (χ2v) is 14.1. The molecule has 2 amide bonds. The zero-order valence-electron chi connectivity index (χ0n) is 24.2. The van der Waals surface area contributed by atoms with Crippen molar-refractivity contribution in [2.75, 3.05) is 13.6 Å². The van der Waals surface area contributed by atoms with Gasteiger partial charge in [0.05, 0.1) is 11.3 Å². The lowest BCUT2D eigenvalue weighted by Crippen LogP contribution is -2.53. The van der Waals surface area contributed by atoms with Crippen molar-refractivity contribution in [2.24, 2.45) is 0 Å². The molecular weight excluding hydrogens is 574 g/mol. The van der Waals surface area contributed by atoms with Crippen molar-refractivity contribution in [1.29, 1.82) is 0 Å². The number of nitrogens with zero attached hydrogens (tertiary/aromatic N) is 2. The van der Waals surface area contributed by atoms with Crippen LogP contribution in [-0.4, -0.2) is 71.9 Å². The normalized spacial score (nSPS) is 18.4. The van der Waals surface area contributed by atoms with Gasteiger partial charge in [0.1, 0.15) is 17.7 Å². The highest BCUT2D eigenvalue weighted by atomic mass is 32.2. The fraction of sp³-hybridized carbons (Fsp3) is 0.387. The maximum atomic E-state index is 13.7. The number of rotatable bonds is 9. The number of carbonyl (C=O) groups excluding carboxylic acids is 3. The van der Waals surface area contributed by atoms with Gasteiger partial charge in [0.15, 0.2) is 0 Å². The molecule has 3 aromatic carbocycles. The van der Waals surface area contributed by atoms with Crippen molar-refractivity contribution in [1.82, 2.24) is 14.5 Å². The molecular formula is C31H37N3O6S2. The first-order chi connectivity index (χ1) is 19.7. The summed E-state index contributed by atoms with van der Waals surface area (Å²) >= 11 is 4.49. The fourth-order valence-corrected chi connectivity index (χ4v) is 7.03. The molecule has 42 heavy (non-hydrogen) atoms. The first-order valence-electron chi connectivity index (χ1n) is 13.7. The van der Waals surface area contributed by atoms with Crippen LogP contribution >= 0.6 is 12.6 Å². The van der Waals surface area contributed by atoms with Gasteiger partial charge in [-0.1, -0.05) is 60.7 Å². The van der Waals surface area contributed by atoms with Crippen LogP contribution in [0.15, 0.2) is 77.7 Å². The molecule has 0 unspecified atom stereocenters. The minimum absolute atomic E-state index is 0.0200. The summed E-state index contributed by atoms with van der Waals surface area (Å²) in [6.07, 6.45) is -0.205. The molecule has 224 valence electrons. The van der Waals surface area contributed by atoms with Crippen LogP contribution in [0, 0.1) is 0 Å². The predicted octanol–water partition coefficient (Wildman–Crippen LogP) is 3.78. The zero-order valence-corrected chi connectivity index (χ0v) is 25.9. The van der Waals surface area contributed by atoms with Gasteiger partial charge in [0.2, 0.25) is 21.8 Å². The molecule has 0 aromatic heterocycles. The summed E-state index contributed by atoms with van der Waals surface area (Å²) in [5, 5.41) is 3.88. The Hall–Kier alpha value is -3.41. The van der Waals surface area contributed by atoms with Crippen LogP contribution in [0.2, 0.25) is 0 Å². The Morgan fingerprint density at radius 2 is 1.67 bits per heavy atom. The Bertz CT molecular complexity index is 1560. The molecule has 1 N–H and O–H groups in total. The van der Waals surface area contributed by atoms with Crippen LogP contribution < -0.4 is 5.32 Å². The maximum Gasteiger partial charge on any atom is 0.329 e. The minimum atomic E-state index is -4.08. The summed E-state index contributed by atoms with van der Waals surface area (Å²) in [6.45, 7) is 5.40. The third-order valence-electron chi connectivity index (χ3n) is 6.94. The Balaban J connectivity index is 1.55. The van der Waals surface area contributed by atoms with Gasteiger partial charge in [-0.3, -0.25) is 9.59 Å². The molecule has 11 heteroatoms. The van der Waals surface area contributed by atoms with Crippen LogP contribution in [0.5, 0.6) is 0 Å². The summed E-state index contributed by atoms with van der Waals surface area (Å²) < 4.78 is 34.1. The van der Waals surface area contributed by atoms with Crippen molar-refractivity contribution < 1.29 is 27.5 Å². The molecule has 1 aliphatic heterocycles. The highest BCUT2D eigenvalue weighted by molar-refractivity contribution is 7.89. The maximum absolute atomic E-state index is 13.7. The molecule has 0 radical (unpaired) electrons. The SMILES string of the molecule is CN(Cc1ccccc1)C(=O)C[C@H](NC(=O)[C@@H]1C[C@@H](S)CN1S(=O)(=O)c1ccc2ccccc2c1)C(=O)OC(C)(C)C. The van der Waals surface area contributed by atoms with Gasteiger partial charge in [0, 0.05) is 25.4 Å². The van der Waals surface area contributed by atoms with Gasteiger partial charge in [-0.25, -0.2) is 13.2 Å². The van der Waals surface area contributed by atoms with Gasteiger partial charge in [-0.2, -0.15) is 16.9 Å². The lowest BCUT2D eigenvalue weighted by Gasteiger charge is -2.28. The number of nitrogens with one attached hydrogen (secondary N) is 1. The first-order valence-corrected chi connectivity index (χ1v) is 15.7. The van der Waals surface area contributed by atoms with E-state index in [1.807, 2.05) is 54.6 Å². The monoisotopic (exact) mass is 611 g/mol. The zero-order chi connectivity index (χ0) is 30.7. The average Bonchev–Trinajstić information content (AvgIpc) is 3.34. The van der Waals surface area contributed by atoms with Crippen LogP contribution in [-0.2, 0) is 35.7 Å². The van der Waals surface area contributed by atoms with E-state index in [0.29, 0.717) is 6.54 Å². The summed E-state index contributed by atoms with van der Waals surface area (Å²) in [6, 6.07) is 19.2. The molecule has 1 saturated heterocycles. The van der Waals surface area contributed by atoms with Crippen molar-refractivity contribution in [2.45, 2.75) is 68.0 Å². The number of hydrogen-bond acceptors (Lipinski definition) is 7. The van der Waals surface area contributed by atoms with E-state index in [0.717, 1.165) is 20.6 Å². The van der Waals surface area contributed by atoms with Crippen molar-refractivity contribution in [3.05, 3.63) is 78.4 Å². The number of fused-ring (bicyclic) bond motifs is 1. The third-order valence-corrected chi connectivity index (χ3v) is 9.18. The third kappa shape index (κ3) is 7.70. The Labute approximate surface area is 252 Å². The number of amides is 2. The Kier molecular flexibility index (Phi) is 9.64. The molecule has 1 heterocycles. The van der Waals surface area contributed by atoms with E-state index in [9.17, 15) is 22.8 Å². The molecule has 1 aliphatic rings. The highest BCUT2D eigenvalue weighted by Crippen LogP contribution is 2.30. The molecule has 0 spiro atoms. The number of esters is 1. The van der Waals surface area contributed by atoms with E-state index in [-0.39, 0.29) is 30.2 Å². The second kappa shape index (κ2) is 12.8. The summed E-state index contributed by atoms with van der Waals surface area (Å²) in [4.78, 5) is 41.5. The number of ether oxygens (including phenoxy) is 1. The Morgan fingerprint density at radius 3 is 2.33 bits per heavy atom. The van der Waals surface area contributed by atoms with Crippen LogP contribution in [0.3, 0.4) is 0 Å². The molecule has 9 nitrogen and oxygen atoms in total. The van der Waals surface area contributed by atoms with Crippen molar-refractivity contribution in [3.8, 4) is 0 Å². The van der Waals surface area contributed by atoms with Gasteiger partial charge < -0.3 is 15.0 Å². The number of thiol groups is 1. The average molecular weight is 612 g/mol. The molecule has 0 bridgehead atoms. The quantitative estimate of drug-likeness (QED) is 0.281. The van der Waals surface area contributed by atoms with Gasteiger partial charge in [0.25, 0.3) is 0 Å². The number of carbonyl (C=O) groups is 3. The van der Waals surface area contributed by atoms with Crippen molar-refractivity contribution in [3.63, 3.8) is 0 Å². The number of hydrogen-bond donors (Lipinski definition) is 2. The molecule has 4 rings (SSSR count). The Morgan fingerprint density at radius 1 is 1.02 bits per heavy atom. The first kappa shape index (κ1) is 31.5. The van der Waals surface area contributed by atoms with E-state index in [1.54, 1.807) is 40.0 Å². The van der Waals surface area contributed by atoms with E-state index in [4.69, 9.17) is 4.74 Å².